The first-order valence-electron chi connectivity index (χ1n) is 11.2. The monoisotopic (exact) mass is 582 g/mol. The van der Waals surface area contributed by atoms with Crippen LogP contribution in [0.25, 0.3) is 11.2 Å². The van der Waals surface area contributed by atoms with Gasteiger partial charge in [-0.2, -0.15) is 14.6 Å². The minimum absolute atomic E-state index is 0.106. The van der Waals surface area contributed by atoms with Gasteiger partial charge in [-0.25, -0.2) is 9.55 Å². The van der Waals surface area contributed by atoms with E-state index in [1.54, 1.807) is 37.5 Å². The van der Waals surface area contributed by atoms with Crippen molar-refractivity contribution >= 4 is 46.8 Å². The molecule has 2 aromatic heterocycles. The van der Waals surface area contributed by atoms with Crippen LogP contribution in [-0.2, 0) is 18.6 Å². The van der Waals surface area contributed by atoms with Gasteiger partial charge in [0.25, 0.3) is 0 Å². The SMILES string of the molecule is COC(=O)C(C)N(C)P(=O)(OCC1CC(n2cnc3c(OC)nc(N)nc32)C1)Oc1ccc(Br)cc1. The Balaban J connectivity index is 1.46. The van der Waals surface area contributed by atoms with Gasteiger partial charge in [-0.15, -0.1) is 0 Å². The highest BCUT2D eigenvalue weighted by Gasteiger charge is 2.41. The van der Waals surface area contributed by atoms with E-state index in [0.717, 1.165) is 17.3 Å². The number of nitrogens with zero attached hydrogens (tertiary/aromatic N) is 5. The van der Waals surface area contributed by atoms with Crippen LogP contribution in [0.4, 0.5) is 5.95 Å². The molecule has 2 heterocycles. The van der Waals surface area contributed by atoms with Gasteiger partial charge < -0.3 is 24.3 Å². The Labute approximate surface area is 216 Å². The maximum Gasteiger partial charge on any atom is 0.461 e. The van der Waals surface area contributed by atoms with Crippen LogP contribution in [0, 0.1) is 5.92 Å². The highest BCUT2D eigenvalue weighted by atomic mass is 79.9. The van der Waals surface area contributed by atoms with Crippen LogP contribution in [0.1, 0.15) is 25.8 Å². The Morgan fingerprint density at radius 1 is 1.28 bits per heavy atom. The Bertz CT molecular complexity index is 1280. The third-order valence-electron chi connectivity index (χ3n) is 6.20. The normalized spacial score (nSPS) is 19.9. The van der Waals surface area contributed by atoms with Crippen LogP contribution in [0.3, 0.4) is 0 Å². The van der Waals surface area contributed by atoms with E-state index in [1.165, 1.54) is 25.9 Å². The zero-order valence-corrected chi connectivity index (χ0v) is 22.8. The standard InChI is InChI=1S/C22H28BrN6O6P/c1-13(21(30)33-4)28(2)36(31,35-17-7-5-15(23)6-8-17)34-11-14-9-16(10-14)29-12-25-18-19(29)26-22(24)27-20(18)32-3/h5-8,12-14,16H,9-11H2,1-4H3,(H2,24,26,27). The van der Waals surface area contributed by atoms with E-state index < -0.39 is 19.8 Å². The number of rotatable bonds is 10. The van der Waals surface area contributed by atoms with Gasteiger partial charge in [-0.05, 0) is 57.0 Å². The number of ether oxygens (including phenoxy) is 2. The van der Waals surface area contributed by atoms with Crippen molar-refractivity contribution in [3.63, 3.8) is 0 Å². The van der Waals surface area contributed by atoms with Crippen molar-refractivity contribution in [3.8, 4) is 11.6 Å². The number of aromatic nitrogens is 4. The summed E-state index contributed by atoms with van der Waals surface area (Å²) < 4.78 is 39.7. The number of nitrogens with two attached hydrogens (primary N) is 1. The van der Waals surface area contributed by atoms with Crippen molar-refractivity contribution in [2.24, 2.45) is 5.92 Å². The predicted octanol–water partition coefficient (Wildman–Crippen LogP) is 3.83. The van der Waals surface area contributed by atoms with E-state index in [1.807, 2.05) is 4.57 Å². The molecular weight excluding hydrogens is 555 g/mol. The zero-order chi connectivity index (χ0) is 26.0. The molecule has 1 aliphatic rings. The minimum atomic E-state index is -3.90. The lowest BCUT2D eigenvalue weighted by molar-refractivity contribution is -0.144. The first kappa shape index (κ1) is 26.3. The Morgan fingerprint density at radius 2 is 1.97 bits per heavy atom. The summed E-state index contributed by atoms with van der Waals surface area (Å²) in [6, 6.07) is 6.13. The Hall–Kier alpha value is -2.73. The molecule has 3 aromatic rings. The van der Waals surface area contributed by atoms with Crippen molar-refractivity contribution in [1.82, 2.24) is 24.2 Å². The molecule has 14 heteroatoms. The molecule has 0 saturated heterocycles. The third-order valence-corrected chi connectivity index (χ3v) is 8.77. The molecule has 0 bridgehead atoms. The van der Waals surface area contributed by atoms with Gasteiger partial charge in [0.05, 0.1) is 27.2 Å². The molecule has 36 heavy (non-hydrogen) atoms. The van der Waals surface area contributed by atoms with Crippen LogP contribution in [0.2, 0.25) is 0 Å². The van der Waals surface area contributed by atoms with Gasteiger partial charge >= 0.3 is 13.7 Å². The summed E-state index contributed by atoms with van der Waals surface area (Å²) in [6.45, 7) is 1.76. The van der Waals surface area contributed by atoms with Gasteiger partial charge in [-0.3, -0.25) is 9.32 Å². The maximum absolute atomic E-state index is 13.9. The van der Waals surface area contributed by atoms with Crippen molar-refractivity contribution in [2.75, 3.05) is 33.6 Å². The number of imidazole rings is 1. The summed E-state index contributed by atoms with van der Waals surface area (Å²) in [5.74, 6) is 0.344. The molecule has 4 rings (SSSR count). The average Bonchev–Trinajstić information content (AvgIpc) is 3.25. The number of nitrogen functional groups attached to an aromatic ring is 1. The number of anilines is 1. The number of esters is 1. The summed E-state index contributed by atoms with van der Waals surface area (Å²) in [6.07, 6.45) is 3.18. The van der Waals surface area contributed by atoms with Crippen molar-refractivity contribution in [3.05, 3.63) is 35.1 Å². The van der Waals surface area contributed by atoms with Gasteiger partial charge in [0, 0.05) is 10.5 Å². The minimum Gasteiger partial charge on any atom is -0.479 e. The van der Waals surface area contributed by atoms with E-state index in [0.29, 0.717) is 22.8 Å². The molecule has 1 aliphatic carbocycles. The molecule has 2 N–H and O–H groups in total. The van der Waals surface area contributed by atoms with Crippen molar-refractivity contribution in [1.29, 1.82) is 0 Å². The molecule has 12 nitrogen and oxygen atoms in total. The van der Waals surface area contributed by atoms with Gasteiger partial charge in [0.2, 0.25) is 11.8 Å². The third kappa shape index (κ3) is 5.34. The maximum atomic E-state index is 13.9. The number of hydrogen-bond donors (Lipinski definition) is 1. The number of likely N-dealkylation sites (N-methyl/N-ethyl adjacent to an activating group) is 1. The molecule has 2 unspecified atom stereocenters. The molecule has 194 valence electrons. The highest BCUT2D eigenvalue weighted by molar-refractivity contribution is 9.10. The molecule has 1 fully saturated rings. The molecular formula is C22H28BrN6O6P. The number of fused-ring (bicyclic) bond motifs is 1. The number of halogens is 1. The number of benzene rings is 1. The van der Waals surface area contributed by atoms with Gasteiger partial charge in [0.15, 0.2) is 11.2 Å². The second kappa shape index (κ2) is 10.7. The number of hydrogen-bond acceptors (Lipinski definition) is 10. The number of methoxy groups -OCH3 is 2. The summed E-state index contributed by atoms with van der Waals surface area (Å²) in [5, 5.41) is 0. The fraction of sp³-hybridized carbons (Fsp3) is 0.455. The summed E-state index contributed by atoms with van der Waals surface area (Å²) in [5.41, 5.74) is 6.95. The largest absolute Gasteiger partial charge is 0.479 e. The molecule has 0 amide bonds. The molecule has 0 radical (unpaired) electrons. The quantitative estimate of drug-likeness (QED) is 0.275. The van der Waals surface area contributed by atoms with Crippen LogP contribution in [0.5, 0.6) is 11.6 Å². The number of carbonyl (C=O) groups is 1. The lowest BCUT2D eigenvalue weighted by Gasteiger charge is -2.37. The van der Waals surface area contributed by atoms with E-state index in [-0.39, 0.29) is 24.5 Å². The molecule has 0 aliphatic heterocycles. The molecule has 0 spiro atoms. The Morgan fingerprint density at radius 3 is 2.61 bits per heavy atom. The smallest absolute Gasteiger partial charge is 0.461 e. The van der Waals surface area contributed by atoms with Crippen LogP contribution < -0.4 is 15.0 Å². The first-order valence-corrected chi connectivity index (χ1v) is 13.5. The average molecular weight is 583 g/mol. The Kier molecular flexibility index (Phi) is 7.84. The predicted molar refractivity (Wildman–Crippen MR) is 136 cm³/mol. The lowest BCUT2D eigenvalue weighted by Crippen LogP contribution is -2.37. The molecule has 2 atom stereocenters. The van der Waals surface area contributed by atoms with E-state index in [4.69, 9.17) is 24.3 Å². The molecule has 1 saturated carbocycles. The highest BCUT2D eigenvalue weighted by Crippen LogP contribution is 2.54. The topological polar surface area (TPSA) is 144 Å². The first-order chi connectivity index (χ1) is 17.1. The van der Waals surface area contributed by atoms with E-state index in [2.05, 4.69) is 30.9 Å². The van der Waals surface area contributed by atoms with Gasteiger partial charge in [-0.1, -0.05) is 15.9 Å². The fourth-order valence-corrected chi connectivity index (χ4v) is 5.86. The van der Waals surface area contributed by atoms with Crippen LogP contribution >= 0.6 is 23.7 Å². The van der Waals surface area contributed by atoms with E-state index >= 15 is 0 Å². The second-order valence-corrected chi connectivity index (χ2v) is 11.4. The van der Waals surface area contributed by atoms with Crippen molar-refractivity contribution < 1.29 is 27.9 Å². The summed E-state index contributed by atoms with van der Waals surface area (Å²) in [7, 11) is 0.396. The van der Waals surface area contributed by atoms with Gasteiger partial charge in [0.1, 0.15) is 11.8 Å². The zero-order valence-electron chi connectivity index (χ0n) is 20.3. The summed E-state index contributed by atoms with van der Waals surface area (Å²) in [4.78, 5) is 24.9. The van der Waals surface area contributed by atoms with Crippen LogP contribution in [-0.4, -0.2) is 64.1 Å². The molecule has 1 aromatic carbocycles. The van der Waals surface area contributed by atoms with E-state index in [9.17, 15) is 9.36 Å². The fourth-order valence-electron chi connectivity index (χ4n) is 3.93. The lowest BCUT2D eigenvalue weighted by atomic mass is 9.81. The van der Waals surface area contributed by atoms with Crippen LogP contribution in [0.15, 0.2) is 35.1 Å². The second-order valence-electron chi connectivity index (χ2n) is 8.49. The number of carbonyl (C=O) groups excluding carboxylic acids is 1. The summed E-state index contributed by atoms with van der Waals surface area (Å²) >= 11 is 3.37. The van der Waals surface area contributed by atoms with Crippen molar-refractivity contribution in [2.45, 2.75) is 31.8 Å².